The molecule has 0 bridgehead atoms. The van der Waals surface area contributed by atoms with Gasteiger partial charge in [-0.05, 0) is 19.4 Å². The molecule has 0 aromatic carbocycles. The van der Waals surface area contributed by atoms with Crippen LogP contribution in [0.25, 0.3) is 0 Å². The number of nitrogens with zero attached hydrogens (tertiary/aromatic N) is 3. The van der Waals surface area contributed by atoms with Crippen molar-refractivity contribution < 1.29 is 5.11 Å². The molecule has 5 nitrogen and oxygen atoms in total. The Morgan fingerprint density at radius 3 is 2.86 bits per heavy atom. The fourth-order valence-corrected chi connectivity index (χ4v) is 3.44. The minimum Gasteiger partial charge on any atom is -0.389 e. The van der Waals surface area contributed by atoms with Crippen LogP contribution in [0.2, 0.25) is 0 Å². The first-order valence-electron chi connectivity index (χ1n) is 8.03. The lowest BCUT2D eigenvalue weighted by Crippen LogP contribution is -2.58. The van der Waals surface area contributed by atoms with Gasteiger partial charge >= 0.3 is 0 Å². The van der Waals surface area contributed by atoms with Crippen LogP contribution in [0.15, 0.2) is 12.4 Å². The SMILES string of the molecule is CC(C)c1ncc(CN2CC[C@@]3(O)CCNC[C@H]3C2)cn1. The molecule has 0 aliphatic carbocycles. The second-order valence-electron chi connectivity index (χ2n) is 6.84. The van der Waals surface area contributed by atoms with Crippen molar-refractivity contribution in [1.29, 1.82) is 0 Å². The van der Waals surface area contributed by atoms with Crippen LogP contribution in [0.5, 0.6) is 0 Å². The Morgan fingerprint density at radius 2 is 2.14 bits per heavy atom. The van der Waals surface area contributed by atoms with Gasteiger partial charge in [-0.2, -0.15) is 0 Å². The summed E-state index contributed by atoms with van der Waals surface area (Å²) in [5, 5.41) is 14.1. The summed E-state index contributed by atoms with van der Waals surface area (Å²) in [4.78, 5) is 11.3. The van der Waals surface area contributed by atoms with Crippen molar-refractivity contribution in [2.24, 2.45) is 5.92 Å². The summed E-state index contributed by atoms with van der Waals surface area (Å²) in [6.07, 6.45) is 5.66. The molecule has 0 unspecified atom stereocenters. The van der Waals surface area contributed by atoms with Gasteiger partial charge in [0, 0.05) is 56.0 Å². The second-order valence-corrected chi connectivity index (χ2v) is 6.84. The lowest BCUT2D eigenvalue weighted by molar-refractivity contribution is -0.0899. The van der Waals surface area contributed by atoms with Crippen LogP contribution in [0, 0.1) is 5.92 Å². The van der Waals surface area contributed by atoms with E-state index in [0.29, 0.717) is 11.8 Å². The van der Waals surface area contributed by atoms with E-state index in [-0.39, 0.29) is 0 Å². The number of hydrogen-bond donors (Lipinski definition) is 2. The van der Waals surface area contributed by atoms with Gasteiger partial charge in [-0.15, -0.1) is 0 Å². The highest BCUT2D eigenvalue weighted by molar-refractivity contribution is 5.08. The quantitative estimate of drug-likeness (QED) is 0.874. The number of aromatic nitrogens is 2. The van der Waals surface area contributed by atoms with Crippen molar-refractivity contribution in [3.8, 4) is 0 Å². The molecule has 2 aliphatic heterocycles. The standard InChI is InChI=1S/C16H26N4O/c1-12(2)15-18-7-13(8-19-15)10-20-6-4-16(21)3-5-17-9-14(16)11-20/h7-8,12,14,17,21H,3-6,9-11H2,1-2H3/t14-,16-/m0/s1. The highest BCUT2D eigenvalue weighted by atomic mass is 16.3. The molecule has 0 radical (unpaired) electrons. The molecule has 3 rings (SSSR count). The number of piperidine rings is 2. The van der Waals surface area contributed by atoms with Gasteiger partial charge < -0.3 is 10.4 Å². The average Bonchev–Trinajstić information content (AvgIpc) is 2.48. The van der Waals surface area contributed by atoms with E-state index >= 15 is 0 Å². The number of rotatable bonds is 3. The average molecular weight is 290 g/mol. The fourth-order valence-electron chi connectivity index (χ4n) is 3.44. The van der Waals surface area contributed by atoms with E-state index < -0.39 is 5.60 Å². The maximum absolute atomic E-state index is 10.7. The van der Waals surface area contributed by atoms with E-state index in [4.69, 9.17) is 0 Å². The molecule has 2 saturated heterocycles. The second kappa shape index (κ2) is 5.99. The maximum Gasteiger partial charge on any atom is 0.130 e. The molecule has 2 fully saturated rings. The van der Waals surface area contributed by atoms with Crippen molar-refractivity contribution in [2.75, 3.05) is 26.2 Å². The Kier molecular flexibility index (Phi) is 4.24. The first-order valence-corrected chi connectivity index (χ1v) is 8.03. The summed E-state index contributed by atoms with van der Waals surface area (Å²) in [5.41, 5.74) is 0.716. The maximum atomic E-state index is 10.7. The predicted molar refractivity (Wildman–Crippen MR) is 81.9 cm³/mol. The van der Waals surface area contributed by atoms with Crippen LogP contribution >= 0.6 is 0 Å². The van der Waals surface area contributed by atoms with E-state index in [1.165, 1.54) is 0 Å². The Hall–Kier alpha value is -1.04. The number of hydrogen-bond acceptors (Lipinski definition) is 5. The molecular formula is C16H26N4O. The van der Waals surface area contributed by atoms with Crippen LogP contribution in [0.3, 0.4) is 0 Å². The van der Waals surface area contributed by atoms with Gasteiger partial charge in [0.25, 0.3) is 0 Å². The summed E-state index contributed by atoms with van der Waals surface area (Å²) >= 11 is 0. The molecule has 2 N–H and O–H groups in total. The van der Waals surface area contributed by atoms with Crippen molar-refractivity contribution in [3.63, 3.8) is 0 Å². The molecule has 0 saturated carbocycles. The molecule has 3 heterocycles. The van der Waals surface area contributed by atoms with Gasteiger partial charge in [0.2, 0.25) is 0 Å². The van der Waals surface area contributed by atoms with Crippen molar-refractivity contribution in [3.05, 3.63) is 23.8 Å². The molecule has 116 valence electrons. The number of aliphatic hydroxyl groups is 1. The lowest BCUT2D eigenvalue weighted by Gasteiger charge is -2.47. The zero-order chi connectivity index (χ0) is 14.9. The lowest BCUT2D eigenvalue weighted by atomic mass is 9.76. The predicted octanol–water partition coefficient (Wildman–Crippen LogP) is 1.15. The number of likely N-dealkylation sites (tertiary alicyclic amines) is 1. The fraction of sp³-hybridized carbons (Fsp3) is 0.750. The third-order valence-corrected chi connectivity index (χ3v) is 4.87. The molecule has 1 aromatic rings. The highest BCUT2D eigenvalue weighted by Crippen LogP contribution is 2.33. The molecular weight excluding hydrogens is 264 g/mol. The number of nitrogens with one attached hydrogen (secondary N) is 1. The van der Waals surface area contributed by atoms with E-state index in [1.54, 1.807) is 0 Å². The molecule has 1 aromatic heterocycles. The van der Waals surface area contributed by atoms with Crippen molar-refractivity contribution in [1.82, 2.24) is 20.2 Å². The third-order valence-electron chi connectivity index (χ3n) is 4.87. The molecule has 2 aliphatic rings. The van der Waals surface area contributed by atoms with Gasteiger partial charge in [0.1, 0.15) is 5.82 Å². The smallest absolute Gasteiger partial charge is 0.130 e. The molecule has 2 atom stereocenters. The largest absolute Gasteiger partial charge is 0.389 e. The van der Waals surface area contributed by atoms with Gasteiger partial charge in [0.05, 0.1) is 5.60 Å². The van der Waals surface area contributed by atoms with Crippen molar-refractivity contribution in [2.45, 2.75) is 44.8 Å². The summed E-state index contributed by atoms with van der Waals surface area (Å²) < 4.78 is 0. The first kappa shape index (κ1) is 14.9. The first-order chi connectivity index (χ1) is 10.1. The topological polar surface area (TPSA) is 61.3 Å². The minimum absolute atomic E-state index is 0.343. The van der Waals surface area contributed by atoms with Crippen LogP contribution in [-0.2, 0) is 6.54 Å². The van der Waals surface area contributed by atoms with E-state index in [0.717, 1.165) is 57.0 Å². The highest BCUT2D eigenvalue weighted by Gasteiger charge is 2.42. The molecule has 0 amide bonds. The van der Waals surface area contributed by atoms with Crippen LogP contribution in [0.1, 0.15) is 44.0 Å². The van der Waals surface area contributed by atoms with E-state index in [1.807, 2.05) is 12.4 Å². The normalized spacial score (nSPS) is 30.4. The Bertz CT molecular complexity index is 476. The van der Waals surface area contributed by atoms with Gasteiger partial charge in [-0.1, -0.05) is 13.8 Å². The van der Waals surface area contributed by atoms with Gasteiger partial charge in [0.15, 0.2) is 0 Å². The minimum atomic E-state index is -0.445. The summed E-state index contributed by atoms with van der Waals surface area (Å²) in [6.45, 7) is 8.87. The Morgan fingerprint density at radius 1 is 1.38 bits per heavy atom. The van der Waals surface area contributed by atoms with Gasteiger partial charge in [-0.25, -0.2) is 9.97 Å². The Balaban J connectivity index is 1.61. The van der Waals surface area contributed by atoms with Gasteiger partial charge in [-0.3, -0.25) is 4.90 Å². The van der Waals surface area contributed by atoms with Crippen LogP contribution < -0.4 is 5.32 Å². The molecule has 5 heteroatoms. The van der Waals surface area contributed by atoms with E-state index in [2.05, 4.69) is 34.0 Å². The zero-order valence-corrected chi connectivity index (χ0v) is 13.0. The summed E-state index contributed by atoms with van der Waals surface area (Å²) in [7, 11) is 0. The summed E-state index contributed by atoms with van der Waals surface area (Å²) in [6, 6.07) is 0. The third kappa shape index (κ3) is 3.25. The molecule has 21 heavy (non-hydrogen) atoms. The van der Waals surface area contributed by atoms with Crippen LogP contribution in [-0.4, -0.2) is 51.8 Å². The number of fused-ring (bicyclic) bond motifs is 1. The molecule has 0 spiro atoms. The Labute approximate surface area is 126 Å². The summed E-state index contributed by atoms with van der Waals surface area (Å²) in [5.74, 6) is 1.62. The van der Waals surface area contributed by atoms with E-state index in [9.17, 15) is 5.11 Å². The van der Waals surface area contributed by atoms with Crippen molar-refractivity contribution >= 4 is 0 Å². The monoisotopic (exact) mass is 290 g/mol. The zero-order valence-electron chi connectivity index (χ0n) is 13.0. The van der Waals surface area contributed by atoms with Crippen LogP contribution in [0.4, 0.5) is 0 Å².